The number of carboxylic acid groups (broad SMARTS) is 1. The third kappa shape index (κ3) is 8.83. The molecule has 224 valence electrons. The summed E-state index contributed by atoms with van der Waals surface area (Å²) in [7, 11) is 0. The summed E-state index contributed by atoms with van der Waals surface area (Å²) in [5, 5.41) is 23.1. The van der Waals surface area contributed by atoms with E-state index >= 15 is 0 Å². The van der Waals surface area contributed by atoms with Crippen molar-refractivity contribution in [3.63, 3.8) is 0 Å². The van der Waals surface area contributed by atoms with Gasteiger partial charge in [0.15, 0.2) is 6.04 Å². The van der Waals surface area contributed by atoms with Crippen molar-refractivity contribution >= 4 is 23.5 Å². The molecule has 0 aliphatic carbocycles. The van der Waals surface area contributed by atoms with Crippen molar-refractivity contribution in [1.29, 1.82) is 5.26 Å². The molecule has 0 saturated heterocycles. The molecule has 4 rings (SSSR count). The molecule has 0 aliphatic heterocycles. The Kier molecular flexibility index (Phi) is 9.82. The van der Waals surface area contributed by atoms with Crippen LogP contribution in [0, 0.1) is 11.3 Å². The number of esters is 1. The Balaban J connectivity index is 1.54. The van der Waals surface area contributed by atoms with Crippen LogP contribution in [0.1, 0.15) is 33.9 Å². The first-order valence-corrected chi connectivity index (χ1v) is 13.1. The van der Waals surface area contributed by atoms with E-state index in [1.54, 1.807) is 48.5 Å². The van der Waals surface area contributed by atoms with Gasteiger partial charge in [0.1, 0.15) is 11.5 Å². The maximum atomic E-state index is 13.4. The first kappa shape index (κ1) is 31.1. The normalized spacial score (nSPS) is 11.5. The fraction of sp³-hybridized carbons (Fsp3) is 0.125. The van der Waals surface area contributed by atoms with Crippen molar-refractivity contribution in [2.45, 2.75) is 18.8 Å². The van der Waals surface area contributed by atoms with Gasteiger partial charge in [-0.15, -0.1) is 13.2 Å². The summed E-state index contributed by atoms with van der Waals surface area (Å²) in [4.78, 5) is 36.3. The number of anilines is 1. The molecule has 0 spiro atoms. The number of amides is 1. The Labute approximate surface area is 249 Å². The fourth-order valence-corrected chi connectivity index (χ4v) is 4.07. The molecule has 0 saturated carbocycles. The Morgan fingerprint density at radius 3 is 2.09 bits per heavy atom. The van der Waals surface area contributed by atoms with Gasteiger partial charge in [-0.1, -0.05) is 36.4 Å². The summed E-state index contributed by atoms with van der Waals surface area (Å²) in [6.45, 7) is -0.0626. The molecular formula is C32H24F3N3O6. The van der Waals surface area contributed by atoms with Gasteiger partial charge in [-0.05, 0) is 77.4 Å². The monoisotopic (exact) mass is 603 g/mol. The van der Waals surface area contributed by atoms with E-state index in [1.807, 2.05) is 6.07 Å². The van der Waals surface area contributed by atoms with E-state index in [9.17, 15) is 27.6 Å². The van der Waals surface area contributed by atoms with Gasteiger partial charge in [-0.25, -0.2) is 4.79 Å². The van der Waals surface area contributed by atoms with Gasteiger partial charge in [0.05, 0.1) is 18.1 Å². The Hall–Kier alpha value is -5.83. The predicted octanol–water partition coefficient (Wildman–Crippen LogP) is 6.09. The highest BCUT2D eigenvalue weighted by Crippen LogP contribution is 2.29. The summed E-state index contributed by atoms with van der Waals surface area (Å²) in [5.74, 6) is -2.76. The summed E-state index contributed by atoms with van der Waals surface area (Å²) in [5.41, 5.74) is 2.82. The number of carboxylic acids is 1. The lowest BCUT2D eigenvalue weighted by Gasteiger charge is -2.20. The maximum Gasteiger partial charge on any atom is 0.573 e. The minimum Gasteiger partial charge on any atom is -0.481 e. The second-order valence-corrected chi connectivity index (χ2v) is 9.31. The third-order valence-corrected chi connectivity index (χ3v) is 6.16. The molecule has 1 atom stereocenters. The van der Waals surface area contributed by atoms with Crippen LogP contribution in [0.5, 0.6) is 11.5 Å². The van der Waals surface area contributed by atoms with Crippen LogP contribution in [-0.2, 0) is 9.59 Å². The zero-order valence-electron chi connectivity index (χ0n) is 22.8. The summed E-state index contributed by atoms with van der Waals surface area (Å²) >= 11 is 0. The van der Waals surface area contributed by atoms with E-state index in [2.05, 4.69) is 15.4 Å². The number of hydrogen-bond donors (Lipinski definition) is 3. The maximum absolute atomic E-state index is 13.4. The Morgan fingerprint density at radius 2 is 1.50 bits per heavy atom. The topological polar surface area (TPSA) is 138 Å². The first-order chi connectivity index (χ1) is 21.0. The molecule has 12 heteroatoms. The highest BCUT2D eigenvalue weighted by atomic mass is 19.4. The lowest BCUT2D eigenvalue weighted by atomic mass is 10.0. The van der Waals surface area contributed by atoms with Gasteiger partial charge in [-0.2, -0.15) is 5.26 Å². The molecule has 4 aromatic rings. The van der Waals surface area contributed by atoms with E-state index in [0.29, 0.717) is 11.3 Å². The van der Waals surface area contributed by atoms with Gasteiger partial charge >= 0.3 is 18.3 Å². The van der Waals surface area contributed by atoms with E-state index in [0.717, 1.165) is 23.3 Å². The molecule has 9 nitrogen and oxygen atoms in total. The highest BCUT2D eigenvalue weighted by Gasteiger charge is 2.32. The molecule has 0 fully saturated rings. The summed E-state index contributed by atoms with van der Waals surface area (Å²) < 4.78 is 48.2. The van der Waals surface area contributed by atoms with Gasteiger partial charge < -0.3 is 25.2 Å². The number of hydrogen-bond acceptors (Lipinski definition) is 7. The van der Waals surface area contributed by atoms with Crippen LogP contribution >= 0.6 is 0 Å². The van der Waals surface area contributed by atoms with Crippen LogP contribution in [0.25, 0.3) is 11.1 Å². The van der Waals surface area contributed by atoms with Crippen molar-refractivity contribution in [2.24, 2.45) is 0 Å². The molecular weight excluding hydrogens is 579 g/mol. The van der Waals surface area contributed by atoms with Gasteiger partial charge in [0, 0.05) is 17.8 Å². The molecule has 0 heterocycles. The number of nitrogens with one attached hydrogen (secondary N) is 2. The minimum absolute atomic E-state index is 0.0626. The quantitative estimate of drug-likeness (QED) is 0.138. The number of benzene rings is 4. The molecule has 1 unspecified atom stereocenters. The fourth-order valence-electron chi connectivity index (χ4n) is 4.07. The number of rotatable bonds is 11. The van der Waals surface area contributed by atoms with E-state index < -0.39 is 36.0 Å². The average Bonchev–Trinajstić information content (AvgIpc) is 2.99. The Bertz CT molecular complexity index is 1670. The molecule has 0 bridgehead atoms. The number of aliphatic carboxylic acids is 1. The standard InChI is InChI=1S/C32H24F3N3O6/c33-32(34,35)44-27-3-1-2-24(18-27)29(38-25-12-8-23(9-13-25)30(41)37-17-16-28(39)40)31(42)43-26-14-10-22(11-15-26)21-6-4-20(19-36)5-7-21/h1-15,18,29,38H,16-17H2,(H,37,41)(H,39,40). The summed E-state index contributed by atoms with van der Waals surface area (Å²) in [6, 6.07) is 24.9. The third-order valence-electron chi connectivity index (χ3n) is 6.16. The average molecular weight is 604 g/mol. The van der Waals surface area contributed by atoms with Crippen LogP contribution in [0.15, 0.2) is 97.1 Å². The zero-order valence-corrected chi connectivity index (χ0v) is 22.8. The molecule has 0 aliphatic rings. The number of halogens is 3. The highest BCUT2D eigenvalue weighted by molar-refractivity contribution is 5.94. The summed E-state index contributed by atoms with van der Waals surface area (Å²) in [6.07, 6.45) is -5.19. The SMILES string of the molecule is N#Cc1ccc(-c2ccc(OC(=O)C(Nc3ccc(C(=O)NCCC(=O)O)cc3)c3cccc(OC(F)(F)F)c3)cc2)cc1. The van der Waals surface area contributed by atoms with Crippen LogP contribution in [0.2, 0.25) is 0 Å². The van der Waals surface area contributed by atoms with Crippen molar-refractivity contribution in [3.8, 4) is 28.7 Å². The van der Waals surface area contributed by atoms with Crippen molar-refractivity contribution in [1.82, 2.24) is 5.32 Å². The van der Waals surface area contributed by atoms with Crippen LogP contribution in [-0.4, -0.2) is 35.9 Å². The smallest absolute Gasteiger partial charge is 0.481 e. The number of alkyl halides is 3. The van der Waals surface area contributed by atoms with Crippen molar-refractivity contribution in [3.05, 3.63) is 114 Å². The molecule has 44 heavy (non-hydrogen) atoms. The lowest BCUT2D eigenvalue weighted by molar-refractivity contribution is -0.274. The number of nitriles is 1. The first-order valence-electron chi connectivity index (χ1n) is 13.1. The van der Waals surface area contributed by atoms with E-state index in [-0.39, 0.29) is 29.8 Å². The molecule has 1 amide bonds. The van der Waals surface area contributed by atoms with Crippen LogP contribution in [0.3, 0.4) is 0 Å². The van der Waals surface area contributed by atoms with Gasteiger partial charge in [0.2, 0.25) is 0 Å². The largest absolute Gasteiger partial charge is 0.573 e. The second-order valence-electron chi connectivity index (χ2n) is 9.31. The number of nitrogens with zero attached hydrogens (tertiary/aromatic N) is 1. The zero-order chi connectivity index (χ0) is 31.7. The van der Waals surface area contributed by atoms with Crippen molar-refractivity contribution < 1.29 is 42.1 Å². The second kappa shape index (κ2) is 13.9. The van der Waals surface area contributed by atoms with Gasteiger partial charge in [0.25, 0.3) is 5.91 Å². The molecule has 4 aromatic carbocycles. The number of carbonyl (C=O) groups is 3. The van der Waals surface area contributed by atoms with Crippen LogP contribution < -0.4 is 20.1 Å². The molecule has 0 radical (unpaired) electrons. The molecule has 3 N–H and O–H groups in total. The van der Waals surface area contributed by atoms with E-state index in [4.69, 9.17) is 15.1 Å². The van der Waals surface area contributed by atoms with Crippen LogP contribution in [0.4, 0.5) is 18.9 Å². The Morgan fingerprint density at radius 1 is 0.864 bits per heavy atom. The number of ether oxygens (including phenoxy) is 2. The van der Waals surface area contributed by atoms with Crippen molar-refractivity contribution in [2.75, 3.05) is 11.9 Å². The lowest BCUT2D eigenvalue weighted by Crippen LogP contribution is -2.27. The van der Waals surface area contributed by atoms with Gasteiger partial charge in [-0.3, -0.25) is 9.59 Å². The number of carbonyl (C=O) groups excluding carboxylic acids is 2. The minimum atomic E-state index is -4.94. The molecule has 0 aromatic heterocycles. The van der Waals surface area contributed by atoms with E-state index in [1.165, 1.54) is 36.4 Å². The predicted molar refractivity (Wildman–Crippen MR) is 153 cm³/mol.